The average molecular weight is 309 g/mol. The molecule has 7 nitrogen and oxygen atoms in total. The molecule has 1 aliphatic heterocycles. The summed E-state index contributed by atoms with van der Waals surface area (Å²) >= 11 is 5.73. The number of rotatable bonds is 3. The molecule has 1 heterocycles. The third-order valence-corrected chi connectivity index (χ3v) is 3.66. The highest BCUT2D eigenvalue weighted by Crippen LogP contribution is 2.25. The van der Waals surface area contributed by atoms with Crippen LogP contribution in [-0.4, -0.2) is 53.4 Å². The van der Waals surface area contributed by atoms with Gasteiger partial charge in [0.1, 0.15) is 5.02 Å². The zero-order valence-corrected chi connectivity index (χ0v) is 11.9. The van der Waals surface area contributed by atoms with Gasteiger partial charge in [-0.25, -0.2) is 0 Å². The summed E-state index contributed by atoms with van der Waals surface area (Å²) in [5, 5.41) is 19.5. The summed E-state index contributed by atoms with van der Waals surface area (Å²) < 4.78 is 0. The number of nitrogens with zero attached hydrogens (tertiary/aromatic N) is 4. The summed E-state index contributed by atoms with van der Waals surface area (Å²) in [5.41, 5.74) is -0.0227. The molecule has 1 saturated heterocycles. The van der Waals surface area contributed by atoms with Crippen LogP contribution in [0.3, 0.4) is 0 Å². The van der Waals surface area contributed by atoms with E-state index in [1.165, 1.54) is 18.2 Å². The third-order valence-electron chi connectivity index (χ3n) is 3.34. The van der Waals surface area contributed by atoms with Crippen LogP contribution in [0, 0.1) is 21.4 Å². The van der Waals surface area contributed by atoms with Crippen LogP contribution >= 0.6 is 11.6 Å². The first-order chi connectivity index (χ1) is 10.0. The fourth-order valence-corrected chi connectivity index (χ4v) is 2.36. The van der Waals surface area contributed by atoms with Gasteiger partial charge in [0.25, 0.3) is 11.6 Å². The normalized spacial score (nSPS) is 15.5. The van der Waals surface area contributed by atoms with Gasteiger partial charge in [0.2, 0.25) is 0 Å². The van der Waals surface area contributed by atoms with Crippen LogP contribution in [-0.2, 0) is 0 Å². The molecule has 21 heavy (non-hydrogen) atoms. The predicted molar refractivity (Wildman–Crippen MR) is 76.1 cm³/mol. The molecule has 0 radical (unpaired) electrons. The van der Waals surface area contributed by atoms with Crippen molar-refractivity contribution in [3.63, 3.8) is 0 Å². The number of nitro benzene ring substituents is 1. The fraction of sp³-hybridized carbons (Fsp3) is 0.385. The number of carbonyl (C=O) groups excluding carboxylic acids is 1. The highest BCUT2D eigenvalue weighted by molar-refractivity contribution is 6.32. The van der Waals surface area contributed by atoms with Crippen LogP contribution in [0.1, 0.15) is 10.4 Å². The topological polar surface area (TPSA) is 90.5 Å². The second kappa shape index (κ2) is 6.52. The molecular formula is C13H13ClN4O3. The Morgan fingerprint density at radius 1 is 1.38 bits per heavy atom. The Morgan fingerprint density at radius 2 is 2.05 bits per heavy atom. The minimum atomic E-state index is -0.607. The van der Waals surface area contributed by atoms with E-state index in [0.717, 1.165) is 0 Å². The summed E-state index contributed by atoms with van der Waals surface area (Å²) in [4.78, 5) is 26.1. The summed E-state index contributed by atoms with van der Waals surface area (Å²) in [7, 11) is 0. The van der Waals surface area contributed by atoms with Crippen molar-refractivity contribution >= 4 is 23.2 Å². The van der Waals surface area contributed by atoms with Crippen LogP contribution < -0.4 is 0 Å². The van der Waals surface area contributed by atoms with E-state index in [0.29, 0.717) is 32.7 Å². The lowest BCUT2D eigenvalue weighted by atomic mass is 10.1. The summed E-state index contributed by atoms with van der Waals surface area (Å²) in [6.45, 7) is 2.58. The van der Waals surface area contributed by atoms with Gasteiger partial charge in [-0.05, 0) is 12.1 Å². The molecule has 1 aromatic rings. The van der Waals surface area contributed by atoms with Gasteiger partial charge in [0, 0.05) is 37.8 Å². The molecule has 0 aromatic heterocycles. The quantitative estimate of drug-likeness (QED) is 0.480. The molecule has 0 atom stereocenters. The number of hydrogen-bond acceptors (Lipinski definition) is 5. The Hall–Kier alpha value is -2.17. The van der Waals surface area contributed by atoms with Gasteiger partial charge in [-0.2, -0.15) is 5.26 Å². The predicted octanol–water partition coefficient (Wildman–Crippen LogP) is 1.53. The number of carbonyl (C=O) groups is 1. The largest absolute Gasteiger partial charge is 0.336 e. The van der Waals surface area contributed by atoms with Crippen LogP contribution in [0.4, 0.5) is 5.69 Å². The van der Waals surface area contributed by atoms with Crippen molar-refractivity contribution in [2.45, 2.75) is 0 Å². The van der Waals surface area contributed by atoms with E-state index in [1.807, 2.05) is 4.90 Å². The van der Waals surface area contributed by atoms with Gasteiger partial charge in [-0.3, -0.25) is 19.8 Å². The van der Waals surface area contributed by atoms with Crippen LogP contribution in [0.25, 0.3) is 0 Å². The van der Waals surface area contributed by atoms with Crippen molar-refractivity contribution in [1.29, 1.82) is 5.26 Å². The monoisotopic (exact) mass is 308 g/mol. The molecule has 8 heteroatoms. The highest BCUT2D eigenvalue weighted by Gasteiger charge is 2.24. The number of halogens is 1. The lowest BCUT2D eigenvalue weighted by Gasteiger charge is -2.33. The molecular weight excluding hydrogens is 296 g/mol. The van der Waals surface area contributed by atoms with Crippen molar-refractivity contribution in [3.8, 4) is 6.07 Å². The minimum absolute atomic E-state index is 0.00962. The fourth-order valence-electron chi connectivity index (χ4n) is 2.18. The summed E-state index contributed by atoms with van der Waals surface area (Å²) in [6.07, 6.45) is 0. The molecule has 0 saturated carbocycles. The van der Waals surface area contributed by atoms with Gasteiger partial charge in [-0.15, -0.1) is 0 Å². The van der Waals surface area contributed by atoms with Gasteiger partial charge in [0.05, 0.1) is 17.5 Å². The molecule has 0 aliphatic carbocycles. The molecule has 2 rings (SSSR count). The van der Waals surface area contributed by atoms with Crippen molar-refractivity contribution in [2.75, 3.05) is 32.7 Å². The summed E-state index contributed by atoms with van der Waals surface area (Å²) in [6, 6.07) is 6.12. The zero-order chi connectivity index (χ0) is 15.4. The van der Waals surface area contributed by atoms with E-state index in [2.05, 4.69) is 6.07 Å². The molecule has 1 fully saturated rings. The molecule has 1 aromatic carbocycles. The number of amides is 1. The zero-order valence-electron chi connectivity index (χ0n) is 11.2. The van der Waals surface area contributed by atoms with Gasteiger partial charge < -0.3 is 4.90 Å². The maximum Gasteiger partial charge on any atom is 0.288 e. The Labute approximate surface area is 126 Å². The lowest BCUT2D eigenvalue weighted by molar-refractivity contribution is -0.384. The van der Waals surface area contributed by atoms with Crippen LogP contribution in [0.5, 0.6) is 0 Å². The van der Waals surface area contributed by atoms with Crippen LogP contribution in [0.2, 0.25) is 5.02 Å². The van der Waals surface area contributed by atoms with E-state index in [9.17, 15) is 14.9 Å². The number of nitro groups is 1. The molecule has 0 N–H and O–H groups in total. The Morgan fingerprint density at radius 3 is 2.62 bits per heavy atom. The first-order valence-electron chi connectivity index (χ1n) is 6.35. The molecule has 0 bridgehead atoms. The van der Waals surface area contributed by atoms with Gasteiger partial charge in [0.15, 0.2) is 0 Å². The average Bonchev–Trinajstić information content (AvgIpc) is 2.48. The van der Waals surface area contributed by atoms with E-state index < -0.39 is 4.92 Å². The van der Waals surface area contributed by atoms with E-state index in [1.54, 1.807) is 4.90 Å². The second-order valence-electron chi connectivity index (χ2n) is 4.65. The van der Waals surface area contributed by atoms with Crippen molar-refractivity contribution in [3.05, 3.63) is 38.9 Å². The van der Waals surface area contributed by atoms with E-state index in [-0.39, 0.29) is 22.2 Å². The minimum Gasteiger partial charge on any atom is -0.336 e. The Balaban J connectivity index is 2.09. The number of benzene rings is 1. The first-order valence-corrected chi connectivity index (χ1v) is 6.73. The molecule has 0 spiro atoms. The smallest absolute Gasteiger partial charge is 0.288 e. The number of piperazine rings is 1. The third kappa shape index (κ3) is 3.48. The van der Waals surface area contributed by atoms with E-state index >= 15 is 0 Å². The molecule has 0 unspecified atom stereocenters. The van der Waals surface area contributed by atoms with Gasteiger partial charge >= 0.3 is 0 Å². The maximum atomic E-state index is 12.3. The number of hydrogen-bond donors (Lipinski definition) is 0. The highest BCUT2D eigenvalue weighted by atomic mass is 35.5. The van der Waals surface area contributed by atoms with Crippen molar-refractivity contribution < 1.29 is 9.72 Å². The first kappa shape index (κ1) is 15.2. The summed E-state index contributed by atoms with van der Waals surface area (Å²) in [5.74, 6) is -0.258. The maximum absolute atomic E-state index is 12.3. The Bertz CT molecular complexity index is 606. The van der Waals surface area contributed by atoms with Crippen molar-refractivity contribution in [2.24, 2.45) is 0 Å². The molecule has 110 valence electrons. The SMILES string of the molecule is N#CCN1CCN(C(=O)c2ccc(Cl)c([N+](=O)[O-])c2)CC1. The van der Waals surface area contributed by atoms with Crippen molar-refractivity contribution in [1.82, 2.24) is 9.80 Å². The van der Waals surface area contributed by atoms with E-state index in [4.69, 9.17) is 16.9 Å². The van der Waals surface area contributed by atoms with Gasteiger partial charge in [-0.1, -0.05) is 11.6 Å². The molecule has 1 amide bonds. The standard InChI is InChI=1S/C13H13ClN4O3/c14-11-2-1-10(9-12(11)18(20)21)13(19)17-7-5-16(4-3-15)6-8-17/h1-2,9H,4-8H2. The Kier molecular flexibility index (Phi) is 4.73. The number of nitriles is 1. The lowest BCUT2D eigenvalue weighted by Crippen LogP contribution is -2.48. The molecule has 1 aliphatic rings. The second-order valence-corrected chi connectivity index (χ2v) is 5.06. The van der Waals surface area contributed by atoms with Crippen LogP contribution in [0.15, 0.2) is 18.2 Å².